The molecular weight excluding hydrogens is 288 g/mol. The molecular formula is C12H11BrO4. The van der Waals surface area contributed by atoms with E-state index in [0.29, 0.717) is 16.7 Å². The van der Waals surface area contributed by atoms with Crippen LogP contribution in [0.2, 0.25) is 0 Å². The van der Waals surface area contributed by atoms with Gasteiger partial charge in [0.2, 0.25) is 5.76 Å². The topological polar surface area (TPSA) is 59.7 Å². The van der Waals surface area contributed by atoms with Crippen LogP contribution in [0.5, 0.6) is 0 Å². The molecule has 0 atom stereocenters. The van der Waals surface area contributed by atoms with Gasteiger partial charge in [-0.2, -0.15) is 0 Å². The van der Waals surface area contributed by atoms with E-state index < -0.39 is 5.97 Å². The van der Waals surface area contributed by atoms with E-state index in [1.807, 2.05) is 0 Å². The summed E-state index contributed by atoms with van der Waals surface area (Å²) in [6, 6.07) is 5.13. The van der Waals surface area contributed by atoms with Gasteiger partial charge in [0.15, 0.2) is 0 Å². The highest BCUT2D eigenvalue weighted by molar-refractivity contribution is 9.10. The Kier molecular flexibility index (Phi) is 3.49. The van der Waals surface area contributed by atoms with Gasteiger partial charge in [0.25, 0.3) is 0 Å². The van der Waals surface area contributed by atoms with Crippen molar-refractivity contribution in [2.75, 3.05) is 6.61 Å². The highest BCUT2D eigenvalue weighted by Gasteiger charge is 2.15. The Hall–Kier alpha value is -1.33. The smallest absolute Gasteiger partial charge is 0.374 e. The lowest BCUT2D eigenvalue weighted by molar-refractivity contribution is 0.0492. The number of hydrogen-bond donors (Lipinski definition) is 1. The minimum Gasteiger partial charge on any atom is -0.460 e. The first-order chi connectivity index (χ1) is 8.15. The van der Waals surface area contributed by atoms with E-state index in [2.05, 4.69) is 15.9 Å². The van der Waals surface area contributed by atoms with Crippen molar-refractivity contribution in [2.45, 2.75) is 13.5 Å². The third kappa shape index (κ3) is 2.35. The molecule has 2 rings (SSSR count). The van der Waals surface area contributed by atoms with Crippen molar-refractivity contribution in [3.05, 3.63) is 34.0 Å². The summed E-state index contributed by atoms with van der Waals surface area (Å²) in [6.07, 6.45) is 0. The molecule has 17 heavy (non-hydrogen) atoms. The highest BCUT2D eigenvalue weighted by Crippen LogP contribution is 2.29. The largest absolute Gasteiger partial charge is 0.460 e. The molecule has 0 aliphatic rings. The Bertz CT molecular complexity index is 559. The minimum absolute atomic E-state index is 0.0611. The first-order valence-electron chi connectivity index (χ1n) is 5.15. The number of fused-ring (bicyclic) bond motifs is 1. The van der Waals surface area contributed by atoms with Crippen molar-refractivity contribution in [3.63, 3.8) is 0 Å². The first kappa shape index (κ1) is 12.1. The number of furan rings is 1. The number of aliphatic hydroxyl groups is 1. The summed E-state index contributed by atoms with van der Waals surface area (Å²) >= 11 is 3.33. The van der Waals surface area contributed by atoms with E-state index in [9.17, 15) is 4.79 Å². The third-order valence-corrected chi connectivity index (χ3v) is 2.88. The van der Waals surface area contributed by atoms with Gasteiger partial charge < -0.3 is 14.3 Å². The van der Waals surface area contributed by atoms with E-state index in [-0.39, 0.29) is 12.4 Å². The molecule has 0 aliphatic heterocycles. The van der Waals surface area contributed by atoms with Crippen LogP contribution in [0.3, 0.4) is 0 Å². The van der Waals surface area contributed by atoms with Crippen LogP contribution >= 0.6 is 15.9 Å². The molecule has 2 aromatic rings. The van der Waals surface area contributed by atoms with Gasteiger partial charge in [0.05, 0.1) is 17.7 Å². The zero-order valence-electron chi connectivity index (χ0n) is 9.20. The number of carbonyl (C=O) groups is 1. The lowest BCUT2D eigenvalue weighted by Gasteiger charge is -1.98. The van der Waals surface area contributed by atoms with Crippen molar-refractivity contribution in [2.24, 2.45) is 0 Å². The Labute approximate surface area is 106 Å². The van der Waals surface area contributed by atoms with Crippen molar-refractivity contribution >= 4 is 32.9 Å². The Morgan fingerprint density at radius 3 is 2.88 bits per heavy atom. The average molecular weight is 299 g/mol. The van der Waals surface area contributed by atoms with Gasteiger partial charge in [-0.25, -0.2) is 4.79 Å². The summed E-state index contributed by atoms with van der Waals surface area (Å²) in [7, 11) is 0. The number of benzene rings is 1. The van der Waals surface area contributed by atoms with Crippen LogP contribution in [-0.2, 0) is 11.3 Å². The molecule has 0 radical (unpaired) electrons. The van der Waals surface area contributed by atoms with Crippen LogP contribution in [0.15, 0.2) is 27.1 Å². The van der Waals surface area contributed by atoms with Crippen molar-refractivity contribution in [1.29, 1.82) is 0 Å². The lowest BCUT2D eigenvalue weighted by atomic mass is 10.2. The monoisotopic (exact) mass is 298 g/mol. The van der Waals surface area contributed by atoms with Crippen LogP contribution < -0.4 is 0 Å². The summed E-state index contributed by atoms with van der Waals surface area (Å²) in [5.41, 5.74) is 1.32. The lowest BCUT2D eigenvalue weighted by Crippen LogP contribution is -2.02. The second-order valence-electron chi connectivity index (χ2n) is 3.49. The van der Waals surface area contributed by atoms with Gasteiger partial charge in [-0.05, 0) is 46.6 Å². The Morgan fingerprint density at radius 1 is 1.47 bits per heavy atom. The van der Waals surface area contributed by atoms with Crippen LogP contribution in [0.4, 0.5) is 0 Å². The second kappa shape index (κ2) is 4.89. The van der Waals surface area contributed by atoms with Gasteiger partial charge in [-0.3, -0.25) is 0 Å². The molecule has 1 heterocycles. The summed E-state index contributed by atoms with van der Waals surface area (Å²) in [6.45, 7) is 1.98. The Morgan fingerprint density at radius 2 is 2.24 bits per heavy atom. The van der Waals surface area contributed by atoms with E-state index >= 15 is 0 Å². The van der Waals surface area contributed by atoms with Crippen LogP contribution in [0.1, 0.15) is 23.0 Å². The quantitative estimate of drug-likeness (QED) is 0.885. The zero-order chi connectivity index (χ0) is 12.4. The fourth-order valence-electron chi connectivity index (χ4n) is 1.56. The minimum atomic E-state index is -0.485. The molecule has 0 saturated heterocycles. The molecule has 0 saturated carbocycles. The number of hydrogen-bond acceptors (Lipinski definition) is 4. The van der Waals surface area contributed by atoms with Crippen LogP contribution in [-0.4, -0.2) is 17.7 Å². The van der Waals surface area contributed by atoms with E-state index in [1.165, 1.54) is 0 Å². The number of aliphatic hydroxyl groups excluding tert-OH is 1. The molecule has 1 N–H and O–H groups in total. The van der Waals surface area contributed by atoms with Gasteiger partial charge in [-0.15, -0.1) is 0 Å². The van der Waals surface area contributed by atoms with Gasteiger partial charge in [0.1, 0.15) is 5.58 Å². The average Bonchev–Trinajstić information content (AvgIpc) is 2.73. The van der Waals surface area contributed by atoms with Crippen LogP contribution in [0.25, 0.3) is 11.0 Å². The van der Waals surface area contributed by atoms with Crippen molar-refractivity contribution in [3.8, 4) is 0 Å². The number of halogens is 1. The van der Waals surface area contributed by atoms with Gasteiger partial charge >= 0.3 is 5.97 Å². The van der Waals surface area contributed by atoms with E-state index in [0.717, 1.165) is 10.9 Å². The molecule has 0 fully saturated rings. The number of ether oxygens (including phenoxy) is 1. The van der Waals surface area contributed by atoms with Crippen LogP contribution in [0, 0.1) is 0 Å². The molecule has 1 aromatic heterocycles. The van der Waals surface area contributed by atoms with Gasteiger partial charge in [-0.1, -0.05) is 0 Å². The third-order valence-electron chi connectivity index (χ3n) is 2.29. The second-order valence-corrected chi connectivity index (χ2v) is 4.34. The summed E-state index contributed by atoms with van der Waals surface area (Å²) in [4.78, 5) is 11.5. The molecule has 0 unspecified atom stereocenters. The fourth-order valence-corrected chi connectivity index (χ4v) is 2.17. The molecule has 0 bridgehead atoms. The maximum absolute atomic E-state index is 11.5. The number of rotatable bonds is 3. The molecule has 90 valence electrons. The molecule has 5 heteroatoms. The van der Waals surface area contributed by atoms with Gasteiger partial charge in [0, 0.05) is 5.39 Å². The predicted molar refractivity (Wildman–Crippen MR) is 65.8 cm³/mol. The standard InChI is InChI=1S/C12H11BrO4/c1-2-16-12(15)10-5-8-3-7(6-14)4-9(13)11(8)17-10/h3-5,14H,2,6H2,1H3. The van der Waals surface area contributed by atoms with E-state index in [4.69, 9.17) is 14.3 Å². The maximum Gasteiger partial charge on any atom is 0.374 e. The normalized spacial score (nSPS) is 10.8. The summed E-state index contributed by atoms with van der Waals surface area (Å²) < 4.78 is 11.0. The predicted octanol–water partition coefficient (Wildman–Crippen LogP) is 2.86. The SMILES string of the molecule is CCOC(=O)c1cc2cc(CO)cc(Br)c2o1. The summed E-state index contributed by atoms with van der Waals surface area (Å²) in [5.74, 6) is -0.321. The first-order valence-corrected chi connectivity index (χ1v) is 5.95. The summed E-state index contributed by atoms with van der Waals surface area (Å²) in [5, 5.41) is 9.83. The van der Waals surface area contributed by atoms with Crippen molar-refractivity contribution in [1.82, 2.24) is 0 Å². The Balaban J connectivity index is 2.49. The number of carbonyl (C=O) groups excluding carboxylic acids is 1. The number of esters is 1. The molecule has 0 aliphatic carbocycles. The highest BCUT2D eigenvalue weighted by atomic mass is 79.9. The molecule has 1 aromatic carbocycles. The molecule has 4 nitrogen and oxygen atoms in total. The fraction of sp³-hybridized carbons (Fsp3) is 0.250. The van der Waals surface area contributed by atoms with E-state index in [1.54, 1.807) is 25.1 Å². The molecule has 0 amide bonds. The molecule has 0 spiro atoms. The zero-order valence-corrected chi connectivity index (χ0v) is 10.8. The van der Waals surface area contributed by atoms with Crippen molar-refractivity contribution < 1.29 is 19.1 Å². The maximum atomic E-state index is 11.5.